The Morgan fingerprint density at radius 1 is 1.39 bits per heavy atom. The van der Waals surface area contributed by atoms with Gasteiger partial charge >= 0.3 is 15.6 Å². The molecule has 0 aliphatic carbocycles. The standard InChI is InChI=1S/C21H25F3N2O4S/c1-3-15-13-26-10-8-16(15)12-19(26)20(27)5-4-9-25-18-7-6-17(11-14(18)2)30-31(28,29)21(22,23)24/h3-7,9,11,15-16,19-20,27H,1,8,10,12-13H2,2H3/b5-4+,25-9?/t15?,16?,19?,20-/m1/s1. The summed E-state index contributed by atoms with van der Waals surface area (Å²) in [5, 5.41) is 10.5. The second kappa shape index (κ2) is 9.13. The molecule has 2 bridgehead atoms. The predicted octanol–water partition coefficient (Wildman–Crippen LogP) is 3.74. The van der Waals surface area contributed by atoms with Gasteiger partial charge in [0.05, 0.1) is 11.8 Å². The highest BCUT2D eigenvalue weighted by atomic mass is 32.2. The van der Waals surface area contributed by atoms with Gasteiger partial charge in [-0.15, -0.1) is 6.58 Å². The Morgan fingerprint density at radius 3 is 2.71 bits per heavy atom. The first kappa shape index (κ1) is 23.5. The van der Waals surface area contributed by atoms with E-state index in [2.05, 4.69) is 20.7 Å². The predicted molar refractivity (Wildman–Crippen MR) is 112 cm³/mol. The van der Waals surface area contributed by atoms with Crippen LogP contribution >= 0.6 is 0 Å². The molecule has 170 valence electrons. The van der Waals surface area contributed by atoms with Gasteiger partial charge in [0, 0.05) is 18.8 Å². The Morgan fingerprint density at radius 2 is 2.13 bits per heavy atom. The maximum absolute atomic E-state index is 12.4. The molecule has 5 atom stereocenters. The van der Waals surface area contributed by atoms with Crippen LogP contribution in [0.5, 0.6) is 5.75 Å². The van der Waals surface area contributed by atoms with Crippen molar-refractivity contribution in [3.05, 3.63) is 48.6 Å². The van der Waals surface area contributed by atoms with Crippen LogP contribution in [0, 0.1) is 18.8 Å². The van der Waals surface area contributed by atoms with Crippen molar-refractivity contribution >= 4 is 22.0 Å². The molecular weight excluding hydrogens is 433 g/mol. The SMILES string of the molecule is C=CC1CN2CCC1CC2[C@H](O)/C=C/C=Nc1ccc(OS(=O)(=O)C(F)(F)F)cc1C. The van der Waals surface area contributed by atoms with E-state index < -0.39 is 27.5 Å². The average Bonchev–Trinajstić information content (AvgIpc) is 2.71. The molecule has 3 aliphatic rings. The van der Waals surface area contributed by atoms with Crippen molar-refractivity contribution in [1.29, 1.82) is 0 Å². The van der Waals surface area contributed by atoms with E-state index in [4.69, 9.17) is 0 Å². The van der Waals surface area contributed by atoms with Gasteiger partial charge in [-0.3, -0.25) is 9.89 Å². The summed E-state index contributed by atoms with van der Waals surface area (Å²) in [4.78, 5) is 6.49. The number of hydrogen-bond acceptors (Lipinski definition) is 6. The molecule has 4 rings (SSSR count). The fourth-order valence-electron chi connectivity index (χ4n) is 4.15. The molecule has 3 fully saturated rings. The highest BCUT2D eigenvalue weighted by molar-refractivity contribution is 7.88. The number of benzene rings is 1. The van der Waals surface area contributed by atoms with Gasteiger partial charge in [-0.25, -0.2) is 0 Å². The van der Waals surface area contributed by atoms with Crippen LogP contribution in [0.2, 0.25) is 0 Å². The van der Waals surface area contributed by atoms with E-state index in [1.165, 1.54) is 12.3 Å². The van der Waals surface area contributed by atoms with E-state index >= 15 is 0 Å². The number of aliphatic hydroxyl groups is 1. The van der Waals surface area contributed by atoms with Gasteiger partial charge in [-0.05, 0) is 68.0 Å². The molecule has 0 radical (unpaired) electrons. The first-order chi connectivity index (χ1) is 14.5. The van der Waals surface area contributed by atoms with E-state index in [-0.39, 0.29) is 6.04 Å². The highest BCUT2D eigenvalue weighted by Gasteiger charge is 2.48. The maximum atomic E-state index is 12.4. The Hall–Kier alpha value is -2.17. The number of alkyl halides is 3. The first-order valence-electron chi connectivity index (χ1n) is 9.89. The van der Waals surface area contributed by atoms with E-state index in [9.17, 15) is 26.7 Å². The Kier molecular flexibility index (Phi) is 6.92. The van der Waals surface area contributed by atoms with Gasteiger partial charge in [0.1, 0.15) is 5.75 Å². The monoisotopic (exact) mass is 458 g/mol. The Labute approximate surface area is 179 Å². The third kappa shape index (κ3) is 5.36. The molecule has 31 heavy (non-hydrogen) atoms. The quantitative estimate of drug-likeness (QED) is 0.292. The molecule has 1 N–H and O–H groups in total. The molecule has 0 amide bonds. The number of halogens is 3. The molecule has 1 aromatic rings. The second-order valence-electron chi connectivity index (χ2n) is 7.83. The van der Waals surface area contributed by atoms with Gasteiger partial charge in [-0.1, -0.05) is 12.2 Å². The van der Waals surface area contributed by atoms with Crippen LogP contribution in [-0.2, 0) is 10.1 Å². The van der Waals surface area contributed by atoms with E-state index in [1.54, 1.807) is 19.1 Å². The highest BCUT2D eigenvalue weighted by Crippen LogP contribution is 2.38. The van der Waals surface area contributed by atoms with E-state index in [0.29, 0.717) is 23.1 Å². The zero-order chi connectivity index (χ0) is 22.8. The van der Waals surface area contributed by atoms with Crippen molar-refractivity contribution in [2.24, 2.45) is 16.8 Å². The third-order valence-electron chi connectivity index (χ3n) is 5.81. The van der Waals surface area contributed by atoms with Crippen LogP contribution in [0.4, 0.5) is 18.9 Å². The van der Waals surface area contributed by atoms with Gasteiger partial charge in [0.25, 0.3) is 0 Å². The lowest BCUT2D eigenvalue weighted by Crippen LogP contribution is -2.56. The topological polar surface area (TPSA) is 79.2 Å². The average molecular weight is 459 g/mol. The Bertz CT molecular complexity index is 975. The molecule has 3 heterocycles. The van der Waals surface area contributed by atoms with Gasteiger partial charge in [0.15, 0.2) is 0 Å². The summed E-state index contributed by atoms with van der Waals surface area (Å²) in [5.74, 6) is 0.580. The summed E-state index contributed by atoms with van der Waals surface area (Å²) in [5.41, 5.74) is -4.62. The smallest absolute Gasteiger partial charge is 0.387 e. The molecular formula is C21H25F3N2O4S. The summed E-state index contributed by atoms with van der Waals surface area (Å²) in [7, 11) is -5.72. The van der Waals surface area contributed by atoms with Crippen molar-refractivity contribution < 1.29 is 30.9 Å². The minimum absolute atomic E-state index is 0.0633. The minimum Gasteiger partial charge on any atom is -0.387 e. The summed E-state index contributed by atoms with van der Waals surface area (Å²) in [6.45, 7) is 7.35. The van der Waals surface area contributed by atoms with Crippen LogP contribution in [-0.4, -0.2) is 55.4 Å². The summed E-state index contributed by atoms with van der Waals surface area (Å²) in [6.07, 6.45) is 8.16. The number of piperidine rings is 3. The number of aliphatic imine (C=N–C) groups is 1. The molecule has 0 spiro atoms. The zero-order valence-corrected chi connectivity index (χ0v) is 17.8. The lowest BCUT2D eigenvalue weighted by atomic mass is 9.74. The summed E-state index contributed by atoms with van der Waals surface area (Å²) < 4.78 is 63.5. The fourth-order valence-corrected chi connectivity index (χ4v) is 4.60. The summed E-state index contributed by atoms with van der Waals surface area (Å²) in [6, 6.07) is 3.69. The molecule has 4 unspecified atom stereocenters. The number of hydrogen-bond donors (Lipinski definition) is 1. The van der Waals surface area contributed by atoms with Crippen molar-refractivity contribution in [2.75, 3.05) is 13.1 Å². The van der Waals surface area contributed by atoms with Crippen LogP contribution in [0.15, 0.2) is 48.0 Å². The number of aliphatic hydroxyl groups excluding tert-OH is 1. The number of nitrogens with zero attached hydrogens (tertiary/aromatic N) is 2. The van der Waals surface area contributed by atoms with Gasteiger partial charge < -0.3 is 9.29 Å². The molecule has 3 aliphatic heterocycles. The second-order valence-corrected chi connectivity index (χ2v) is 9.37. The number of rotatable bonds is 7. The molecule has 0 aromatic heterocycles. The molecule has 0 saturated carbocycles. The molecule has 6 nitrogen and oxygen atoms in total. The van der Waals surface area contributed by atoms with Crippen molar-refractivity contribution in [3.63, 3.8) is 0 Å². The number of allylic oxidation sites excluding steroid dienone is 1. The van der Waals surface area contributed by atoms with Crippen molar-refractivity contribution in [3.8, 4) is 5.75 Å². The van der Waals surface area contributed by atoms with E-state index in [0.717, 1.165) is 38.1 Å². The molecule has 10 heteroatoms. The minimum atomic E-state index is -5.72. The van der Waals surface area contributed by atoms with Gasteiger partial charge in [-0.2, -0.15) is 21.6 Å². The first-order valence-corrected chi connectivity index (χ1v) is 11.3. The Balaban J connectivity index is 1.60. The van der Waals surface area contributed by atoms with Crippen LogP contribution in [0.25, 0.3) is 0 Å². The van der Waals surface area contributed by atoms with Crippen molar-refractivity contribution in [2.45, 2.75) is 37.4 Å². The normalized spacial score (nSPS) is 27.6. The molecule has 3 saturated heterocycles. The summed E-state index contributed by atoms with van der Waals surface area (Å²) >= 11 is 0. The zero-order valence-electron chi connectivity index (χ0n) is 17.0. The maximum Gasteiger partial charge on any atom is 0.534 e. The number of fused-ring (bicyclic) bond motifs is 3. The van der Waals surface area contributed by atoms with E-state index in [1.807, 2.05) is 6.08 Å². The number of aryl methyl sites for hydroxylation is 1. The fraction of sp³-hybridized carbons (Fsp3) is 0.476. The third-order valence-corrected chi connectivity index (χ3v) is 6.79. The van der Waals surface area contributed by atoms with Gasteiger partial charge in [0.2, 0.25) is 0 Å². The van der Waals surface area contributed by atoms with Crippen LogP contribution < -0.4 is 4.18 Å². The lowest BCUT2D eigenvalue weighted by molar-refractivity contribution is -0.0500. The van der Waals surface area contributed by atoms with Crippen LogP contribution in [0.1, 0.15) is 18.4 Å². The van der Waals surface area contributed by atoms with Crippen LogP contribution in [0.3, 0.4) is 0 Å². The molecule has 1 aromatic carbocycles. The largest absolute Gasteiger partial charge is 0.534 e. The lowest BCUT2D eigenvalue weighted by Gasteiger charge is -2.50. The van der Waals surface area contributed by atoms with Crippen molar-refractivity contribution in [1.82, 2.24) is 4.90 Å².